The molecule has 1 aliphatic carbocycles. The van der Waals surface area contributed by atoms with Gasteiger partial charge in [0.1, 0.15) is 0 Å². The number of amides is 1. The first-order chi connectivity index (χ1) is 13.1. The number of benzene rings is 2. The molecule has 27 heavy (non-hydrogen) atoms. The molecule has 0 atom stereocenters. The van der Waals surface area contributed by atoms with Gasteiger partial charge in [0, 0.05) is 5.69 Å². The van der Waals surface area contributed by atoms with Gasteiger partial charge < -0.3 is 14.8 Å². The van der Waals surface area contributed by atoms with Crippen LogP contribution in [-0.2, 0) is 27.1 Å². The number of carbonyl (C=O) groups excluding carboxylic acids is 3. The van der Waals surface area contributed by atoms with Gasteiger partial charge >= 0.3 is 11.9 Å². The quantitative estimate of drug-likeness (QED) is 0.793. The number of hydrogen-bond acceptors (Lipinski definition) is 5. The van der Waals surface area contributed by atoms with Crippen molar-refractivity contribution in [3.63, 3.8) is 0 Å². The average molecular weight is 367 g/mol. The molecular formula is C21H21NO5. The molecule has 6 nitrogen and oxygen atoms in total. The third-order valence-corrected chi connectivity index (χ3v) is 4.35. The predicted molar refractivity (Wildman–Crippen MR) is 99.8 cm³/mol. The largest absolute Gasteiger partial charge is 0.462 e. The number of fused-ring (bicyclic) bond motifs is 1. The molecule has 0 fully saturated rings. The normalized spacial score (nSPS) is 12.2. The van der Waals surface area contributed by atoms with E-state index in [1.54, 1.807) is 37.3 Å². The Morgan fingerprint density at radius 1 is 0.889 bits per heavy atom. The summed E-state index contributed by atoms with van der Waals surface area (Å²) in [7, 11) is 0. The SMILES string of the molecule is CCOC(=O)c1ccc(NC(=O)COC(=O)c2ccc3c(c2)CCC3)cc1. The van der Waals surface area contributed by atoms with Crippen LogP contribution in [0.15, 0.2) is 42.5 Å². The van der Waals surface area contributed by atoms with Gasteiger partial charge in [-0.05, 0) is 73.7 Å². The third kappa shape index (κ3) is 4.73. The minimum Gasteiger partial charge on any atom is -0.462 e. The Balaban J connectivity index is 1.50. The van der Waals surface area contributed by atoms with Crippen molar-refractivity contribution in [3.05, 3.63) is 64.7 Å². The highest BCUT2D eigenvalue weighted by atomic mass is 16.5. The van der Waals surface area contributed by atoms with Gasteiger partial charge in [-0.15, -0.1) is 0 Å². The number of anilines is 1. The fourth-order valence-corrected chi connectivity index (χ4v) is 3.01. The fourth-order valence-electron chi connectivity index (χ4n) is 3.01. The standard InChI is InChI=1S/C21H21NO5/c1-2-26-20(24)15-8-10-18(11-9-15)22-19(23)13-27-21(25)17-7-6-14-4-3-5-16(14)12-17/h6-12H,2-5,13H2,1H3,(H,22,23). The van der Waals surface area contributed by atoms with Crippen LogP contribution in [0.3, 0.4) is 0 Å². The zero-order valence-electron chi connectivity index (χ0n) is 15.1. The molecule has 0 aromatic heterocycles. The monoisotopic (exact) mass is 367 g/mol. The first-order valence-corrected chi connectivity index (χ1v) is 8.93. The number of rotatable bonds is 6. The first kappa shape index (κ1) is 18.6. The summed E-state index contributed by atoms with van der Waals surface area (Å²) in [6.45, 7) is 1.65. The smallest absolute Gasteiger partial charge is 0.338 e. The van der Waals surface area contributed by atoms with Crippen molar-refractivity contribution in [1.29, 1.82) is 0 Å². The van der Waals surface area contributed by atoms with Crippen LogP contribution in [0.2, 0.25) is 0 Å². The van der Waals surface area contributed by atoms with E-state index in [1.165, 1.54) is 11.1 Å². The molecule has 0 heterocycles. The van der Waals surface area contributed by atoms with Crippen LogP contribution in [-0.4, -0.2) is 31.1 Å². The lowest BCUT2D eigenvalue weighted by Gasteiger charge is -2.08. The van der Waals surface area contributed by atoms with Crippen molar-refractivity contribution in [2.24, 2.45) is 0 Å². The molecule has 0 saturated carbocycles. The van der Waals surface area contributed by atoms with Gasteiger partial charge in [-0.3, -0.25) is 4.79 Å². The second kappa shape index (κ2) is 8.49. The summed E-state index contributed by atoms with van der Waals surface area (Å²) >= 11 is 0. The summed E-state index contributed by atoms with van der Waals surface area (Å²) in [4.78, 5) is 35.7. The van der Waals surface area contributed by atoms with Crippen LogP contribution in [0, 0.1) is 0 Å². The molecule has 1 aliphatic rings. The lowest BCUT2D eigenvalue weighted by molar-refractivity contribution is -0.119. The molecule has 2 aromatic rings. The maximum Gasteiger partial charge on any atom is 0.338 e. The topological polar surface area (TPSA) is 81.7 Å². The van der Waals surface area contributed by atoms with E-state index in [0.29, 0.717) is 23.4 Å². The molecule has 0 saturated heterocycles. The molecule has 140 valence electrons. The van der Waals surface area contributed by atoms with Crippen molar-refractivity contribution in [1.82, 2.24) is 0 Å². The van der Waals surface area contributed by atoms with E-state index in [0.717, 1.165) is 19.3 Å². The van der Waals surface area contributed by atoms with E-state index in [-0.39, 0.29) is 6.61 Å². The summed E-state index contributed by atoms with van der Waals surface area (Å²) in [5.41, 5.74) is 3.81. The van der Waals surface area contributed by atoms with Crippen LogP contribution in [0.1, 0.15) is 45.2 Å². The summed E-state index contributed by atoms with van der Waals surface area (Å²) in [6.07, 6.45) is 3.12. The summed E-state index contributed by atoms with van der Waals surface area (Å²) in [6, 6.07) is 11.8. The number of esters is 2. The van der Waals surface area contributed by atoms with E-state index < -0.39 is 17.8 Å². The Hall–Kier alpha value is -3.15. The molecule has 3 rings (SSSR count). The minimum atomic E-state index is -0.516. The van der Waals surface area contributed by atoms with Crippen molar-refractivity contribution < 1.29 is 23.9 Å². The van der Waals surface area contributed by atoms with Gasteiger partial charge in [0.05, 0.1) is 17.7 Å². The van der Waals surface area contributed by atoms with Gasteiger partial charge in [-0.2, -0.15) is 0 Å². The second-order valence-corrected chi connectivity index (χ2v) is 6.26. The maximum absolute atomic E-state index is 12.1. The Morgan fingerprint density at radius 3 is 2.30 bits per heavy atom. The molecule has 1 amide bonds. The van der Waals surface area contributed by atoms with Gasteiger partial charge in [-0.1, -0.05) is 6.07 Å². The Kier molecular flexibility index (Phi) is 5.86. The number of ether oxygens (including phenoxy) is 2. The Bertz CT molecular complexity index is 857. The molecule has 0 radical (unpaired) electrons. The first-order valence-electron chi connectivity index (χ1n) is 8.93. The van der Waals surface area contributed by atoms with Crippen LogP contribution >= 0.6 is 0 Å². The van der Waals surface area contributed by atoms with Gasteiger partial charge in [0.2, 0.25) is 0 Å². The van der Waals surface area contributed by atoms with Crippen LogP contribution in [0.4, 0.5) is 5.69 Å². The van der Waals surface area contributed by atoms with E-state index in [9.17, 15) is 14.4 Å². The third-order valence-electron chi connectivity index (χ3n) is 4.35. The number of carbonyl (C=O) groups is 3. The highest BCUT2D eigenvalue weighted by Crippen LogP contribution is 2.23. The number of aryl methyl sites for hydroxylation is 2. The fraction of sp³-hybridized carbons (Fsp3) is 0.286. The zero-order chi connectivity index (χ0) is 19.2. The molecule has 0 unspecified atom stereocenters. The predicted octanol–water partition coefficient (Wildman–Crippen LogP) is 3.15. The lowest BCUT2D eigenvalue weighted by atomic mass is 10.1. The maximum atomic E-state index is 12.1. The highest BCUT2D eigenvalue weighted by molar-refractivity contribution is 5.96. The second-order valence-electron chi connectivity index (χ2n) is 6.26. The van der Waals surface area contributed by atoms with E-state index in [4.69, 9.17) is 9.47 Å². The number of hydrogen-bond donors (Lipinski definition) is 1. The molecule has 1 N–H and O–H groups in total. The zero-order valence-corrected chi connectivity index (χ0v) is 15.1. The van der Waals surface area contributed by atoms with E-state index in [2.05, 4.69) is 5.32 Å². The summed E-state index contributed by atoms with van der Waals surface area (Å²) in [5.74, 6) is -1.38. The Morgan fingerprint density at radius 2 is 1.56 bits per heavy atom. The van der Waals surface area contributed by atoms with Crippen LogP contribution in [0.5, 0.6) is 0 Å². The number of nitrogens with one attached hydrogen (secondary N) is 1. The molecule has 0 aliphatic heterocycles. The minimum absolute atomic E-state index is 0.299. The van der Waals surface area contributed by atoms with Crippen molar-refractivity contribution >= 4 is 23.5 Å². The molecule has 6 heteroatoms. The van der Waals surface area contributed by atoms with Gasteiger partial charge in [0.25, 0.3) is 5.91 Å². The van der Waals surface area contributed by atoms with Crippen molar-refractivity contribution in [2.45, 2.75) is 26.2 Å². The van der Waals surface area contributed by atoms with Crippen molar-refractivity contribution in [3.8, 4) is 0 Å². The van der Waals surface area contributed by atoms with Crippen LogP contribution in [0.25, 0.3) is 0 Å². The highest BCUT2D eigenvalue weighted by Gasteiger charge is 2.16. The molecule has 0 bridgehead atoms. The Labute approximate surface area is 157 Å². The lowest BCUT2D eigenvalue weighted by Crippen LogP contribution is -2.21. The van der Waals surface area contributed by atoms with Gasteiger partial charge in [0.15, 0.2) is 6.61 Å². The van der Waals surface area contributed by atoms with E-state index in [1.807, 2.05) is 12.1 Å². The molecular weight excluding hydrogens is 346 g/mol. The van der Waals surface area contributed by atoms with Gasteiger partial charge in [-0.25, -0.2) is 9.59 Å². The van der Waals surface area contributed by atoms with Crippen LogP contribution < -0.4 is 5.32 Å². The summed E-state index contributed by atoms with van der Waals surface area (Å²) in [5, 5.41) is 2.62. The average Bonchev–Trinajstić information content (AvgIpc) is 3.14. The summed E-state index contributed by atoms with van der Waals surface area (Å²) < 4.78 is 9.99. The molecule has 0 spiro atoms. The molecule has 2 aromatic carbocycles. The van der Waals surface area contributed by atoms with Crippen molar-refractivity contribution in [2.75, 3.05) is 18.5 Å². The van der Waals surface area contributed by atoms with E-state index >= 15 is 0 Å².